The van der Waals surface area contributed by atoms with E-state index >= 15 is 0 Å². The van der Waals surface area contributed by atoms with Gasteiger partial charge >= 0.3 is 0 Å². The number of hydrogen-bond donors (Lipinski definition) is 0. The first-order chi connectivity index (χ1) is 10.8. The fourth-order valence-corrected chi connectivity index (χ4v) is 2.82. The molecular formula is C19H25Cl3O. The van der Waals surface area contributed by atoms with E-state index in [1.165, 1.54) is 11.1 Å². The van der Waals surface area contributed by atoms with Gasteiger partial charge in [-0.05, 0) is 39.2 Å². The van der Waals surface area contributed by atoms with Crippen LogP contribution >= 0.6 is 34.8 Å². The number of alkyl halides is 3. The summed E-state index contributed by atoms with van der Waals surface area (Å²) in [6, 6.07) is 10.2. The molecule has 0 amide bonds. The summed E-state index contributed by atoms with van der Waals surface area (Å²) in [4.78, 5) is 0. The summed E-state index contributed by atoms with van der Waals surface area (Å²) in [5.74, 6) is 0. The number of hydrogen-bond acceptors (Lipinski definition) is 1. The first kappa shape index (κ1) is 20.6. The van der Waals surface area contributed by atoms with Gasteiger partial charge in [0.2, 0.25) is 0 Å². The van der Waals surface area contributed by atoms with Crippen LogP contribution in [0.1, 0.15) is 51.7 Å². The highest BCUT2D eigenvalue weighted by molar-refractivity contribution is 6.67. The zero-order valence-corrected chi connectivity index (χ0v) is 16.3. The first-order valence-electron chi connectivity index (χ1n) is 7.82. The van der Waals surface area contributed by atoms with Gasteiger partial charge in [0.1, 0.15) is 0 Å². The summed E-state index contributed by atoms with van der Waals surface area (Å²) >= 11 is 17.3. The highest BCUT2D eigenvalue weighted by Crippen LogP contribution is 2.33. The van der Waals surface area contributed by atoms with Crippen LogP contribution in [0.3, 0.4) is 0 Å². The van der Waals surface area contributed by atoms with Crippen LogP contribution in [0, 0.1) is 0 Å². The summed E-state index contributed by atoms with van der Waals surface area (Å²) in [5.41, 5.74) is 3.61. The van der Waals surface area contributed by atoms with E-state index < -0.39 is 3.79 Å². The van der Waals surface area contributed by atoms with Gasteiger partial charge in [0.15, 0.2) is 3.79 Å². The Morgan fingerprint density at radius 3 is 2.35 bits per heavy atom. The van der Waals surface area contributed by atoms with Crippen LogP contribution in [0.4, 0.5) is 0 Å². The fraction of sp³-hybridized carbons (Fsp3) is 0.474. The first-order valence-corrected chi connectivity index (χ1v) is 8.96. The van der Waals surface area contributed by atoms with E-state index in [1.54, 1.807) is 0 Å². The Morgan fingerprint density at radius 1 is 1.09 bits per heavy atom. The predicted octanol–water partition coefficient (Wildman–Crippen LogP) is 7.20. The highest BCUT2D eigenvalue weighted by atomic mass is 35.6. The molecule has 1 rings (SSSR count). The molecule has 1 aromatic rings. The van der Waals surface area contributed by atoms with Crippen molar-refractivity contribution in [3.05, 3.63) is 59.2 Å². The number of halogens is 3. The minimum absolute atomic E-state index is 0.103. The fourth-order valence-electron chi connectivity index (χ4n) is 2.19. The maximum absolute atomic E-state index is 5.85. The Bertz CT molecular complexity index is 515. The quantitative estimate of drug-likeness (QED) is 0.345. The van der Waals surface area contributed by atoms with Crippen molar-refractivity contribution in [2.24, 2.45) is 0 Å². The Kier molecular flexibility index (Phi) is 9.31. The summed E-state index contributed by atoms with van der Waals surface area (Å²) in [6.07, 6.45) is 6.78. The lowest BCUT2D eigenvalue weighted by Gasteiger charge is -2.12. The van der Waals surface area contributed by atoms with E-state index in [4.69, 9.17) is 39.5 Å². The zero-order valence-electron chi connectivity index (χ0n) is 14.0. The maximum atomic E-state index is 5.85. The molecule has 0 aliphatic heterocycles. The molecule has 1 atom stereocenters. The van der Waals surface area contributed by atoms with Crippen LogP contribution in [0.15, 0.2) is 53.6 Å². The van der Waals surface area contributed by atoms with Crippen LogP contribution in [0.25, 0.3) is 0 Å². The van der Waals surface area contributed by atoms with Crippen molar-refractivity contribution in [3.63, 3.8) is 0 Å². The van der Waals surface area contributed by atoms with E-state index in [0.717, 1.165) is 18.4 Å². The van der Waals surface area contributed by atoms with Crippen molar-refractivity contribution in [1.29, 1.82) is 0 Å². The van der Waals surface area contributed by atoms with Gasteiger partial charge in [-0.15, -0.1) is 0 Å². The number of rotatable bonds is 8. The van der Waals surface area contributed by atoms with Gasteiger partial charge in [-0.3, -0.25) is 0 Å². The number of ether oxygens (including phenoxy) is 1. The molecule has 0 bridgehead atoms. The van der Waals surface area contributed by atoms with Crippen molar-refractivity contribution in [2.45, 2.75) is 49.9 Å². The van der Waals surface area contributed by atoms with Gasteiger partial charge in [0.25, 0.3) is 0 Å². The molecule has 0 N–H and O–H groups in total. The Hall–Kier alpha value is -0.470. The lowest BCUT2D eigenvalue weighted by molar-refractivity contribution is 0.0882. The van der Waals surface area contributed by atoms with Crippen molar-refractivity contribution in [2.75, 3.05) is 6.61 Å². The molecule has 0 saturated heterocycles. The van der Waals surface area contributed by atoms with Crippen LogP contribution < -0.4 is 0 Å². The number of benzene rings is 1. The van der Waals surface area contributed by atoms with Crippen molar-refractivity contribution in [3.8, 4) is 0 Å². The standard InChI is InChI=1S/C19H25Cl3O/c1-15(8-7-9-16(2)14-19(20,21)22)12-13-23-17(3)18-10-5-4-6-11-18/h4-6,9-12,17H,7-8,13-14H2,1-3H3/b15-12+,16-9+. The SMILES string of the molecule is C/C(=C\COC(C)c1ccccc1)CC/C=C(\C)CC(Cl)(Cl)Cl. The molecule has 128 valence electrons. The van der Waals surface area contributed by atoms with Gasteiger partial charge in [0.05, 0.1) is 12.7 Å². The van der Waals surface area contributed by atoms with Gasteiger partial charge in [-0.1, -0.05) is 88.4 Å². The molecule has 0 radical (unpaired) electrons. The molecule has 0 spiro atoms. The third kappa shape index (κ3) is 10.1. The third-order valence-electron chi connectivity index (χ3n) is 3.56. The van der Waals surface area contributed by atoms with Crippen LogP contribution in [-0.2, 0) is 4.74 Å². The van der Waals surface area contributed by atoms with E-state index in [1.807, 2.05) is 25.1 Å². The van der Waals surface area contributed by atoms with E-state index in [9.17, 15) is 0 Å². The average molecular weight is 376 g/mol. The third-order valence-corrected chi connectivity index (χ3v) is 3.96. The molecule has 23 heavy (non-hydrogen) atoms. The van der Waals surface area contributed by atoms with Gasteiger partial charge in [0, 0.05) is 6.42 Å². The maximum Gasteiger partial charge on any atom is 0.194 e. The second-order valence-corrected chi connectivity index (χ2v) is 8.33. The topological polar surface area (TPSA) is 9.23 Å². The molecule has 0 saturated carbocycles. The molecule has 0 heterocycles. The summed E-state index contributed by atoms with van der Waals surface area (Å²) in [5, 5.41) is 0. The monoisotopic (exact) mass is 374 g/mol. The van der Waals surface area contributed by atoms with Crippen molar-refractivity contribution >= 4 is 34.8 Å². The van der Waals surface area contributed by atoms with Crippen LogP contribution in [0.2, 0.25) is 0 Å². The van der Waals surface area contributed by atoms with Crippen LogP contribution in [0.5, 0.6) is 0 Å². The van der Waals surface area contributed by atoms with Crippen LogP contribution in [-0.4, -0.2) is 10.4 Å². The molecular weight excluding hydrogens is 351 g/mol. The Labute approximate surface area is 155 Å². The molecule has 1 nitrogen and oxygen atoms in total. The minimum atomic E-state index is -1.20. The lowest BCUT2D eigenvalue weighted by atomic mass is 10.1. The van der Waals surface area contributed by atoms with Crippen molar-refractivity contribution in [1.82, 2.24) is 0 Å². The Balaban J connectivity index is 2.31. The molecule has 1 unspecified atom stereocenters. The molecule has 0 aromatic heterocycles. The summed E-state index contributed by atoms with van der Waals surface area (Å²) in [6.45, 7) is 6.81. The molecule has 0 aliphatic carbocycles. The second-order valence-electron chi connectivity index (χ2n) is 5.82. The second kappa shape index (κ2) is 10.4. The normalized spacial score (nSPS) is 14.9. The van der Waals surface area contributed by atoms with E-state index in [2.05, 4.69) is 38.1 Å². The van der Waals surface area contributed by atoms with E-state index in [0.29, 0.717) is 13.0 Å². The van der Waals surface area contributed by atoms with Gasteiger partial charge < -0.3 is 4.74 Å². The lowest BCUT2D eigenvalue weighted by Crippen LogP contribution is -2.02. The number of allylic oxidation sites excluding steroid dienone is 3. The minimum Gasteiger partial charge on any atom is -0.370 e. The van der Waals surface area contributed by atoms with Crippen molar-refractivity contribution < 1.29 is 4.74 Å². The summed E-state index contributed by atoms with van der Waals surface area (Å²) in [7, 11) is 0. The largest absolute Gasteiger partial charge is 0.370 e. The predicted molar refractivity (Wildman–Crippen MR) is 102 cm³/mol. The van der Waals surface area contributed by atoms with Gasteiger partial charge in [-0.25, -0.2) is 0 Å². The summed E-state index contributed by atoms with van der Waals surface area (Å²) < 4.78 is 4.65. The molecule has 4 heteroatoms. The molecule has 0 fully saturated rings. The zero-order chi connectivity index (χ0) is 17.3. The molecule has 0 aliphatic rings. The van der Waals surface area contributed by atoms with Gasteiger partial charge in [-0.2, -0.15) is 0 Å². The smallest absolute Gasteiger partial charge is 0.194 e. The highest BCUT2D eigenvalue weighted by Gasteiger charge is 2.19. The average Bonchev–Trinajstić information content (AvgIpc) is 2.46. The molecule has 1 aromatic carbocycles. The van der Waals surface area contributed by atoms with E-state index in [-0.39, 0.29) is 6.10 Å². The Morgan fingerprint density at radius 2 is 1.74 bits per heavy atom.